The van der Waals surface area contributed by atoms with Gasteiger partial charge in [0.05, 0.1) is 6.10 Å². The van der Waals surface area contributed by atoms with Crippen molar-refractivity contribution in [2.75, 3.05) is 0 Å². The van der Waals surface area contributed by atoms with Crippen LogP contribution >= 0.6 is 0 Å². The van der Waals surface area contributed by atoms with Crippen LogP contribution in [0.4, 0.5) is 0 Å². The molecule has 178 valence electrons. The quantitative estimate of drug-likeness (QED) is 0.499. The number of hydrogen-bond donors (Lipinski definition) is 1. The fraction of sp³-hybridized carbons (Fsp3) is 0.964. The maximum absolute atomic E-state index is 12.3. The van der Waals surface area contributed by atoms with Crippen molar-refractivity contribution in [1.82, 2.24) is 0 Å². The van der Waals surface area contributed by atoms with Crippen LogP contribution in [-0.2, 0) is 9.53 Å². The largest absolute Gasteiger partial charge is 0.460 e. The Morgan fingerprint density at radius 1 is 1.00 bits per heavy atom. The second kappa shape index (κ2) is 8.33. The molecule has 4 fully saturated rings. The molecule has 0 aromatic heterocycles. The standard InChI is InChI=1S/C28H48O3/c1-18(7-12-25(30)31-26(2,3)4)22-10-11-23-21-9-8-19-17-20(29)13-15-27(19,5)24(21)14-16-28(22,23)6/h18-24,29H,7-17H2,1-6H3/t18-,19-,20+,21+,22?,23+,24+,27+,28-/m1/s1. The molecule has 0 amide bonds. The number of carbonyl (C=O) groups excluding carboxylic acids is 1. The van der Waals surface area contributed by atoms with Gasteiger partial charge in [-0.1, -0.05) is 20.8 Å². The molecule has 0 radical (unpaired) electrons. The van der Waals surface area contributed by atoms with E-state index in [1.165, 1.54) is 44.9 Å². The molecule has 3 heteroatoms. The number of hydrogen-bond acceptors (Lipinski definition) is 3. The Kier molecular flexibility index (Phi) is 6.34. The zero-order chi connectivity index (χ0) is 22.6. The summed E-state index contributed by atoms with van der Waals surface area (Å²) < 4.78 is 5.57. The predicted molar refractivity (Wildman–Crippen MR) is 125 cm³/mol. The van der Waals surface area contributed by atoms with Gasteiger partial charge in [-0.25, -0.2) is 0 Å². The molecule has 1 N–H and O–H groups in total. The van der Waals surface area contributed by atoms with E-state index in [9.17, 15) is 9.90 Å². The first-order chi connectivity index (χ1) is 14.4. The van der Waals surface area contributed by atoms with Gasteiger partial charge in [-0.2, -0.15) is 0 Å². The van der Waals surface area contributed by atoms with Gasteiger partial charge in [-0.05, 0) is 131 Å². The lowest BCUT2D eigenvalue weighted by molar-refractivity contribution is -0.155. The van der Waals surface area contributed by atoms with Crippen LogP contribution in [0.5, 0.6) is 0 Å². The number of aliphatic hydroxyl groups is 1. The Hall–Kier alpha value is -0.570. The molecular weight excluding hydrogens is 384 g/mol. The van der Waals surface area contributed by atoms with Crippen molar-refractivity contribution in [3.8, 4) is 0 Å². The maximum atomic E-state index is 12.3. The Labute approximate surface area is 191 Å². The highest BCUT2D eigenvalue weighted by atomic mass is 16.6. The number of ether oxygens (including phenoxy) is 1. The Bertz CT molecular complexity index is 666. The predicted octanol–water partition coefficient (Wildman–Crippen LogP) is 6.76. The summed E-state index contributed by atoms with van der Waals surface area (Å²) in [7, 11) is 0. The summed E-state index contributed by atoms with van der Waals surface area (Å²) >= 11 is 0. The Morgan fingerprint density at radius 2 is 1.68 bits per heavy atom. The van der Waals surface area contributed by atoms with Gasteiger partial charge < -0.3 is 9.84 Å². The Morgan fingerprint density at radius 3 is 2.39 bits per heavy atom. The number of carbonyl (C=O) groups is 1. The van der Waals surface area contributed by atoms with Crippen molar-refractivity contribution in [3.63, 3.8) is 0 Å². The highest BCUT2D eigenvalue weighted by Crippen LogP contribution is 2.68. The lowest BCUT2D eigenvalue weighted by Gasteiger charge is -2.61. The molecule has 0 saturated heterocycles. The number of fused-ring (bicyclic) bond motifs is 5. The molecule has 31 heavy (non-hydrogen) atoms. The molecule has 4 aliphatic rings. The molecule has 4 aliphatic carbocycles. The minimum absolute atomic E-state index is 0.0338. The third-order valence-electron chi connectivity index (χ3n) is 10.6. The summed E-state index contributed by atoms with van der Waals surface area (Å²) in [5.74, 6) is 4.67. The highest BCUT2D eigenvalue weighted by molar-refractivity contribution is 5.69. The average Bonchev–Trinajstić information content (AvgIpc) is 3.02. The van der Waals surface area contributed by atoms with Gasteiger partial charge in [0.25, 0.3) is 0 Å². The lowest BCUT2D eigenvalue weighted by atomic mass is 9.44. The summed E-state index contributed by atoms with van der Waals surface area (Å²) in [5, 5.41) is 10.3. The first kappa shape index (κ1) is 23.6. The van der Waals surface area contributed by atoms with E-state index in [4.69, 9.17) is 4.74 Å². The molecule has 9 atom stereocenters. The minimum atomic E-state index is -0.382. The molecule has 3 nitrogen and oxygen atoms in total. The van der Waals surface area contributed by atoms with Gasteiger partial charge in [-0.15, -0.1) is 0 Å². The second-order valence-corrected chi connectivity index (χ2v) is 13.4. The van der Waals surface area contributed by atoms with Crippen molar-refractivity contribution in [2.45, 2.75) is 124 Å². The van der Waals surface area contributed by atoms with Crippen molar-refractivity contribution < 1.29 is 14.6 Å². The summed E-state index contributed by atoms with van der Waals surface area (Å²) in [6.07, 6.45) is 13.0. The first-order valence-corrected chi connectivity index (χ1v) is 13.3. The number of esters is 1. The SMILES string of the molecule is C[C@H](CCC(=O)OC(C)(C)C)C1CC[C@H]2[C@@H]3CC[C@@H]4C[C@@H](O)CC[C@]4(C)[C@H]3CC[C@]12C. The fourth-order valence-corrected chi connectivity index (χ4v) is 9.15. The van der Waals surface area contributed by atoms with Crippen molar-refractivity contribution >= 4 is 5.97 Å². The third kappa shape index (κ3) is 4.34. The fourth-order valence-electron chi connectivity index (χ4n) is 9.15. The summed E-state index contributed by atoms with van der Waals surface area (Å²) in [6.45, 7) is 13.5. The van der Waals surface area contributed by atoms with E-state index in [-0.39, 0.29) is 17.7 Å². The summed E-state index contributed by atoms with van der Waals surface area (Å²) in [6, 6.07) is 0. The van der Waals surface area contributed by atoms with Gasteiger partial charge >= 0.3 is 5.97 Å². The number of aliphatic hydroxyl groups excluding tert-OH is 1. The van der Waals surface area contributed by atoms with E-state index in [1.807, 2.05) is 20.8 Å². The van der Waals surface area contributed by atoms with Gasteiger partial charge in [0.2, 0.25) is 0 Å². The first-order valence-electron chi connectivity index (χ1n) is 13.3. The molecule has 0 bridgehead atoms. The number of rotatable bonds is 4. The van der Waals surface area contributed by atoms with Crippen LogP contribution in [0, 0.1) is 46.3 Å². The molecule has 0 aromatic rings. The summed E-state index contributed by atoms with van der Waals surface area (Å²) in [5.41, 5.74) is 0.531. The van der Waals surface area contributed by atoms with E-state index >= 15 is 0 Å². The summed E-state index contributed by atoms with van der Waals surface area (Å²) in [4.78, 5) is 12.3. The van der Waals surface area contributed by atoms with Gasteiger partial charge in [0.1, 0.15) is 5.60 Å². The smallest absolute Gasteiger partial charge is 0.306 e. The van der Waals surface area contributed by atoms with E-state index in [0.717, 1.165) is 48.9 Å². The molecule has 4 saturated carbocycles. The van der Waals surface area contributed by atoms with Gasteiger partial charge in [0, 0.05) is 6.42 Å². The van der Waals surface area contributed by atoms with E-state index in [0.29, 0.717) is 23.2 Å². The normalized spacial score (nSPS) is 45.9. The molecule has 0 heterocycles. The van der Waals surface area contributed by atoms with E-state index < -0.39 is 0 Å². The average molecular weight is 433 g/mol. The zero-order valence-corrected chi connectivity index (χ0v) is 21.1. The molecule has 4 rings (SSSR count). The van der Waals surface area contributed by atoms with Crippen LogP contribution in [0.3, 0.4) is 0 Å². The van der Waals surface area contributed by atoms with Crippen molar-refractivity contribution in [2.24, 2.45) is 46.3 Å². The van der Waals surface area contributed by atoms with Crippen LogP contribution in [0.15, 0.2) is 0 Å². The topological polar surface area (TPSA) is 46.5 Å². The van der Waals surface area contributed by atoms with Crippen LogP contribution in [-0.4, -0.2) is 22.8 Å². The van der Waals surface area contributed by atoms with Crippen LogP contribution in [0.2, 0.25) is 0 Å². The van der Waals surface area contributed by atoms with E-state index in [2.05, 4.69) is 20.8 Å². The molecule has 0 aliphatic heterocycles. The van der Waals surface area contributed by atoms with Gasteiger partial charge in [0.15, 0.2) is 0 Å². The highest BCUT2D eigenvalue weighted by Gasteiger charge is 2.60. The molecule has 0 spiro atoms. The van der Waals surface area contributed by atoms with Crippen LogP contribution < -0.4 is 0 Å². The lowest BCUT2D eigenvalue weighted by Crippen LogP contribution is -2.54. The van der Waals surface area contributed by atoms with Gasteiger partial charge in [-0.3, -0.25) is 4.79 Å². The van der Waals surface area contributed by atoms with Crippen LogP contribution in [0.1, 0.15) is 112 Å². The second-order valence-electron chi connectivity index (χ2n) is 13.4. The monoisotopic (exact) mass is 432 g/mol. The van der Waals surface area contributed by atoms with Crippen molar-refractivity contribution in [3.05, 3.63) is 0 Å². The Balaban J connectivity index is 1.42. The molecular formula is C28H48O3. The molecule has 1 unspecified atom stereocenters. The van der Waals surface area contributed by atoms with E-state index in [1.54, 1.807) is 0 Å². The zero-order valence-electron chi connectivity index (χ0n) is 21.1. The molecule has 0 aromatic carbocycles. The van der Waals surface area contributed by atoms with Crippen LogP contribution in [0.25, 0.3) is 0 Å². The van der Waals surface area contributed by atoms with Crippen molar-refractivity contribution in [1.29, 1.82) is 0 Å². The minimum Gasteiger partial charge on any atom is -0.460 e. The maximum Gasteiger partial charge on any atom is 0.306 e. The third-order valence-corrected chi connectivity index (χ3v) is 10.6.